The van der Waals surface area contributed by atoms with Crippen molar-refractivity contribution in [3.05, 3.63) is 22.1 Å². The molecule has 2 N–H and O–H groups in total. The lowest BCUT2D eigenvalue weighted by molar-refractivity contribution is -0.199. The summed E-state index contributed by atoms with van der Waals surface area (Å²) in [7, 11) is -2.07. The zero-order valence-corrected chi connectivity index (χ0v) is 24.9. The molecule has 0 radical (unpaired) electrons. The standard InChI is InChI=1S/C26H39N5O6Si/c1-24(2,3)22(33)30-23-28-19-16(20(32)29-23)14(11-27)12-31(19)21-18-17(36-26(7,8)37-18)15(35-21)13-34-38(9,10)25(4,5)6/h12,15,17-18,21H,13H2,1-10H3,(H2,28,29,30,32,33)/t15-,17-,18-,21-/m1/s1. The average molecular weight is 546 g/mol. The van der Waals surface area contributed by atoms with E-state index in [0.29, 0.717) is 6.61 Å². The molecular formula is C26H39N5O6Si. The Hall–Kier alpha value is -2.56. The van der Waals surface area contributed by atoms with Crippen molar-refractivity contribution >= 4 is 31.2 Å². The third kappa shape index (κ3) is 5.18. The van der Waals surface area contributed by atoms with Crippen molar-refractivity contribution in [1.82, 2.24) is 14.5 Å². The Kier molecular flexibility index (Phi) is 6.94. The Morgan fingerprint density at radius 2 is 1.87 bits per heavy atom. The zero-order valence-electron chi connectivity index (χ0n) is 23.9. The van der Waals surface area contributed by atoms with E-state index >= 15 is 0 Å². The minimum atomic E-state index is -2.07. The maximum atomic E-state index is 13.0. The molecule has 2 saturated heterocycles. The Morgan fingerprint density at radius 3 is 2.45 bits per heavy atom. The van der Waals surface area contributed by atoms with Crippen molar-refractivity contribution < 1.29 is 23.4 Å². The van der Waals surface area contributed by atoms with Crippen LogP contribution < -0.4 is 10.9 Å². The van der Waals surface area contributed by atoms with Gasteiger partial charge in [0.1, 0.15) is 29.8 Å². The molecule has 2 aliphatic heterocycles. The molecule has 0 aromatic carbocycles. The van der Waals surface area contributed by atoms with Crippen molar-refractivity contribution in [2.24, 2.45) is 5.41 Å². The number of fused-ring (bicyclic) bond motifs is 2. The molecule has 0 aliphatic carbocycles. The summed E-state index contributed by atoms with van der Waals surface area (Å²) < 4.78 is 27.0. The van der Waals surface area contributed by atoms with Gasteiger partial charge in [0, 0.05) is 11.6 Å². The van der Waals surface area contributed by atoms with Gasteiger partial charge in [0.25, 0.3) is 5.56 Å². The van der Waals surface area contributed by atoms with Crippen LogP contribution in [0.4, 0.5) is 5.95 Å². The molecule has 0 bridgehead atoms. The molecule has 2 aromatic rings. The van der Waals surface area contributed by atoms with Gasteiger partial charge in [-0.05, 0) is 32.0 Å². The van der Waals surface area contributed by atoms with Crippen molar-refractivity contribution in [2.45, 2.75) is 104 Å². The molecule has 4 heterocycles. The Morgan fingerprint density at radius 1 is 1.24 bits per heavy atom. The van der Waals surface area contributed by atoms with Gasteiger partial charge in [0.2, 0.25) is 11.9 Å². The monoisotopic (exact) mass is 545 g/mol. The fraction of sp³-hybridized carbons (Fsp3) is 0.692. The third-order valence-electron chi connectivity index (χ3n) is 7.53. The summed E-state index contributed by atoms with van der Waals surface area (Å²) in [6.07, 6.45) is -0.597. The van der Waals surface area contributed by atoms with E-state index in [1.54, 1.807) is 25.3 Å². The van der Waals surface area contributed by atoms with Crippen molar-refractivity contribution in [2.75, 3.05) is 11.9 Å². The lowest BCUT2D eigenvalue weighted by Crippen LogP contribution is -2.44. The van der Waals surface area contributed by atoms with Crippen LogP contribution in [-0.2, 0) is 23.4 Å². The summed E-state index contributed by atoms with van der Waals surface area (Å²) in [5.74, 6) is -1.18. The number of aromatic amines is 1. The van der Waals surface area contributed by atoms with Gasteiger partial charge < -0.3 is 23.2 Å². The first-order valence-corrected chi connectivity index (χ1v) is 15.8. The van der Waals surface area contributed by atoms with E-state index in [1.165, 1.54) is 6.20 Å². The summed E-state index contributed by atoms with van der Waals surface area (Å²) in [5.41, 5.74) is -0.891. The van der Waals surface area contributed by atoms with E-state index in [1.807, 2.05) is 13.8 Å². The molecule has 11 nitrogen and oxygen atoms in total. The molecular weight excluding hydrogens is 506 g/mol. The van der Waals surface area contributed by atoms with E-state index in [0.717, 1.165) is 0 Å². The number of amides is 1. The second kappa shape index (κ2) is 9.27. The van der Waals surface area contributed by atoms with E-state index in [2.05, 4.69) is 55.2 Å². The number of H-pyrrole nitrogens is 1. The van der Waals surface area contributed by atoms with E-state index in [9.17, 15) is 14.9 Å². The molecule has 0 saturated carbocycles. The van der Waals surface area contributed by atoms with Gasteiger partial charge in [-0.3, -0.25) is 19.9 Å². The van der Waals surface area contributed by atoms with Crippen LogP contribution in [0.25, 0.3) is 11.0 Å². The molecule has 1 amide bonds. The maximum Gasteiger partial charge on any atom is 0.263 e. The first-order valence-electron chi connectivity index (χ1n) is 12.9. The minimum Gasteiger partial charge on any atom is -0.414 e. The number of carbonyl (C=O) groups excluding carboxylic acids is 1. The highest BCUT2D eigenvalue weighted by molar-refractivity contribution is 6.74. The lowest BCUT2D eigenvalue weighted by atomic mass is 9.96. The van der Waals surface area contributed by atoms with Crippen LogP contribution in [-0.4, -0.2) is 59.5 Å². The largest absolute Gasteiger partial charge is 0.414 e. The first-order chi connectivity index (χ1) is 17.3. The van der Waals surface area contributed by atoms with Gasteiger partial charge in [-0.1, -0.05) is 41.5 Å². The van der Waals surface area contributed by atoms with E-state index in [-0.39, 0.29) is 33.5 Å². The Bertz CT molecular complexity index is 1340. The highest BCUT2D eigenvalue weighted by atomic mass is 28.4. The number of rotatable bonds is 5. The number of carbonyl (C=O) groups is 1. The van der Waals surface area contributed by atoms with Crippen LogP contribution in [0.5, 0.6) is 0 Å². The second-order valence-corrected chi connectivity index (χ2v) is 17.9. The van der Waals surface area contributed by atoms with Crippen LogP contribution in [0.1, 0.15) is 67.2 Å². The fourth-order valence-corrected chi connectivity index (χ4v) is 5.33. The molecule has 12 heteroatoms. The molecule has 4 atom stereocenters. The van der Waals surface area contributed by atoms with Gasteiger partial charge in [-0.15, -0.1) is 0 Å². The number of aromatic nitrogens is 3. The average Bonchev–Trinajstić information content (AvgIpc) is 3.39. The van der Waals surface area contributed by atoms with Crippen molar-refractivity contribution in [3.63, 3.8) is 0 Å². The predicted octanol–water partition coefficient (Wildman–Crippen LogP) is 4.02. The molecule has 2 aromatic heterocycles. The first kappa shape index (κ1) is 28.4. The summed E-state index contributed by atoms with van der Waals surface area (Å²) >= 11 is 0. The molecule has 0 unspecified atom stereocenters. The van der Waals surface area contributed by atoms with Crippen LogP contribution in [0.15, 0.2) is 11.0 Å². The zero-order chi connectivity index (χ0) is 28.4. The molecule has 208 valence electrons. The quantitative estimate of drug-likeness (QED) is 0.537. The number of ether oxygens (including phenoxy) is 3. The van der Waals surface area contributed by atoms with Gasteiger partial charge in [0.15, 0.2) is 26.0 Å². The highest BCUT2D eigenvalue weighted by Crippen LogP contribution is 2.45. The lowest BCUT2D eigenvalue weighted by Gasteiger charge is -2.37. The third-order valence-corrected chi connectivity index (χ3v) is 12.0. The topological polar surface area (TPSA) is 140 Å². The van der Waals surface area contributed by atoms with E-state index < -0.39 is 49.6 Å². The summed E-state index contributed by atoms with van der Waals surface area (Å²) in [6.45, 7) is 20.1. The summed E-state index contributed by atoms with van der Waals surface area (Å²) in [5, 5.41) is 12.6. The van der Waals surface area contributed by atoms with Gasteiger partial charge in [0.05, 0.1) is 12.2 Å². The number of nitrogens with one attached hydrogen (secondary N) is 2. The number of hydrogen-bond donors (Lipinski definition) is 2. The Labute approximate surface area is 223 Å². The number of hydrogen-bond acceptors (Lipinski definition) is 8. The summed E-state index contributed by atoms with van der Waals surface area (Å²) in [6, 6.07) is 2.07. The van der Waals surface area contributed by atoms with Crippen LogP contribution in [0, 0.1) is 16.7 Å². The normalized spacial score (nSPS) is 25.4. The predicted molar refractivity (Wildman–Crippen MR) is 144 cm³/mol. The minimum absolute atomic E-state index is 0.0115. The molecule has 38 heavy (non-hydrogen) atoms. The van der Waals surface area contributed by atoms with Crippen LogP contribution in [0.2, 0.25) is 18.1 Å². The number of nitriles is 1. The molecule has 4 rings (SSSR count). The highest BCUT2D eigenvalue weighted by Gasteiger charge is 2.56. The van der Waals surface area contributed by atoms with Crippen molar-refractivity contribution in [1.29, 1.82) is 5.26 Å². The van der Waals surface area contributed by atoms with Crippen LogP contribution in [0.3, 0.4) is 0 Å². The van der Waals surface area contributed by atoms with Crippen LogP contribution >= 0.6 is 0 Å². The summed E-state index contributed by atoms with van der Waals surface area (Å²) in [4.78, 5) is 32.7. The molecule has 2 aliphatic rings. The van der Waals surface area contributed by atoms with Gasteiger partial charge in [-0.25, -0.2) is 0 Å². The van der Waals surface area contributed by atoms with Crippen molar-refractivity contribution in [3.8, 4) is 6.07 Å². The fourth-order valence-electron chi connectivity index (χ4n) is 4.31. The molecule has 0 spiro atoms. The van der Waals surface area contributed by atoms with Gasteiger partial charge >= 0.3 is 0 Å². The molecule has 2 fully saturated rings. The second-order valence-electron chi connectivity index (χ2n) is 13.1. The number of nitrogens with zero attached hydrogens (tertiary/aromatic N) is 3. The van der Waals surface area contributed by atoms with Gasteiger partial charge in [-0.2, -0.15) is 10.2 Å². The smallest absolute Gasteiger partial charge is 0.263 e. The maximum absolute atomic E-state index is 13.0. The number of anilines is 1. The Balaban J connectivity index is 1.74. The SMILES string of the molecule is CC1(C)O[C@@H]2[C@H](O1)[C@@H](CO[Si](C)(C)C(C)(C)C)O[C@H]2n1cc(C#N)c2c(=O)[nH]c(NC(=O)C(C)(C)C)nc21. The van der Waals surface area contributed by atoms with E-state index in [4.69, 9.17) is 18.6 Å².